The number of rotatable bonds is 5. The van der Waals surface area contributed by atoms with Crippen LogP contribution in [0.1, 0.15) is 18.9 Å². The molecule has 1 saturated heterocycles. The maximum absolute atomic E-state index is 9.35. The summed E-state index contributed by atoms with van der Waals surface area (Å²) >= 11 is 0. The second-order valence-electron chi connectivity index (χ2n) is 6.59. The maximum atomic E-state index is 9.35. The van der Waals surface area contributed by atoms with Gasteiger partial charge in [0.25, 0.3) is 0 Å². The summed E-state index contributed by atoms with van der Waals surface area (Å²) in [4.78, 5) is 4.21. The number of aromatic hydroxyl groups is 1. The highest BCUT2D eigenvalue weighted by Gasteiger charge is 2.24. The SMILES string of the molecule is C[C@H](CCc1ccc(O)cc1)[NH+]1CCN(c2ccccc2)CC1. The molecule has 23 heavy (non-hydrogen) atoms. The third-order valence-corrected chi connectivity index (χ3v) is 5.03. The number of para-hydroxylation sites is 1. The van der Waals surface area contributed by atoms with Crippen molar-refractivity contribution in [1.29, 1.82) is 0 Å². The molecule has 1 atom stereocenters. The van der Waals surface area contributed by atoms with Crippen LogP contribution in [0.15, 0.2) is 54.6 Å². The number of piperazine rings is 1. The van der Waals surface area contributed by atoms with Crippen molar-refractivity contribution in [1.82, 2.24) is 0 Å². The Bertz CT molecular complexity index is 589. The Labute approximate surface area is 139 Å². The normalized spacial score (nSPS) is 17.2. The van der Waals surface area contributed by atoms with Crippen molar-refractivity contribution in [2.75, 3.05) is 31.1 Å². The van der Waals surface area contributed by atoms with E-state index < -0.39 is 0 Å². The molecule has 2 aromatic carbocycles. The Balaban J connectivity index is 1.46. The summed E-state index contributed by atoms with van der Waals surface area (Å²) in [6, 6.07) is 19.0. The molecule has 0 spiro atoms. The molecule has 1 aliphatic heterocycles. The smallest absolute Gasteiger partial charge is 0.115 e. The minimum Gasteiger partial charge on any atom is -0.508 e. The predicted molar refractivity (Wildman–Crippen MR) is 95.2 cm³/mol. The number of quaternary nitrogens is 1. The van der Waals surface area contributed by atoms with Crippen LogP contribution >= 0.6 is 0 Å². The van der Waals surface area contributed by atoms with Crippen LogP contribution in [-0.4, -0.2) is 37.3 Å². The molecule has 0 radical (unpaired) electrons. The van der Waals surface area contributed by atoms with Crippen LogP contribution in [0.4, 0.5) is 5.69 Å². The summed E-state index contributed by atoms with van der Waals surface area (Å²) in [7, 11) is 0. The van der Waals surface area contributed by atoms with Crippen molar-refractivity contribution < 1.29 is 10.0 Å². The predicted octanol–water partition coefficient (Wildman–Crippen LogP) is 2.12. The summed E-state index contributed by atoms with van der Waals surface area (Å²) in [6.07, 6.45) is 2.29. The zero-order valence-electron chi connectivity index (χ0n) is 13.9. The van der Waals surface area contributed by atoms with Gasteiger partial charge < -0.3 is 14.9 Å². The third-order valence-electron chi connectivity index (χ3n) is 5.03. The van der Waals surface area contributed by atoms with Gasteiger partial charge in [0.15, 0.2) is 0 Å². The lowest BCUT2D eigenvalue weighted by atomic mass is 10.0. The van der Waals surface area contributed by atoms with Crippen molar-refractivity contribution in [3.05, 3.63) is 60.2 Å². The summed E-state index contributed by atoms with van der Waals surface area (Å²) in [5.74, 6) is 0.351. The van der Waals surface area contributed by atoms with E-state index in [-0.39, 0.29) is 0 Å². The molecule has 3 nitrogen and oxygen atoms in total. The fourth-order valence-corrected chi connectivity index (χ4v) is 3.43. The molecule has 122 valence electrons. The number of nitrogens with zero attached hydrogens (tertiary/aromatic N) is 1. The van der Waals surface area contributed by atoms with Crippen LogP contribution < -0.4 is 9.80 Å². The molecule has 3 rings (SSSR count). The molecule has 0 unspecified atom stereocenters. The minimum absolute atomic E-state index is 0.351. The summed E-state index contributed by atoms with van der Waals surface area (Å²) in [5, 5.41) is 9.35. The third kappa shape index (κ3) is 4.26. The molecule has 2 N–H and O–H groups in total. The van der Waals surface area contributed by atoms with Crippen LogP contribution in [0.5, 0.6) is 5.75 Å². The topological polar surface area (TPSA) is 27.9 Å². The first-order valence-electron chi connectivity index (χ1n) is 8.65. The Morgan fingerprint density at radius 2 is 1.65 bits per heavy atom. The quantitative estimate of drug-likeness (QED) is 0.885. The molecule has 1 fully saturated rings. The second kappa shape index (κ2) is 7.51. The molecular formula is C20H27N2O+. The van der Waals surface area contributed by atoms with E-state index >= 15 is 0 Å². The fraction of sp³-hybridized carbons (Fsp3) is 0.400. The average Bonchev–Trinajstić information content (AvgIpc) is 2.62. The zero-order valence-corrected chi connectivity index (χ0v) is 13.9. The van der Waals surface area contributed by atoms with E-state index in [2.05, 4.69) is 42.2 Å². The average molecular weight is 311 g/mol. The Kier molecular flexibility index (Phi) is 5.19. The van der Waals surface area contributed by atoms with Gasteiger partial charge in [0.2, 0.25) is 0 Å². The number of phenols is 1. The molecule has 0 amide bonds. The van der Waals surface area contributed by atoms with Gasteiger partial charge in [-0.3, -0.25) is 0 Å². The van der Waals surface area contributed by atoms with Crippen molar-refractivity contribution in [3.63, 3.8) is 0 Å². The van der Waals surface area contributed by atoms with Gasteiger partial charge in [-0.05, 0) is 43.2 Å². The molecule has 1 aliphatic rings. The van der Waals surface area contributed by atoms with E-state index in [0.29, 0.717) is 11.8 Å². The first kappa shape index (κ1) is 15.9. The summed E-state index contributed by atoms with van der Waals surface area (Å²) in [5.41, 5.74) is 2.67. The van der Waals surface area contributed by atoms with Gasteiger partial charge in [0.1, 0.15) is 5.75 Å². The van der Waals surface area contributed by atoms with E-state index in [4.69, 9.17) is 0 Å². The second-order valence-corrected chi connectivity index (χ2v) is 6.59. The lowest BCUT2D eigenvalue weighted by Gasteiger charge is -2.36. The zero-order chi connectivity index (χ0) is 16.1. The van der Waals surface area contributed by atoms with Crippen LogP contribution in [-0.2, 0) is 6.42 Å². The molecule has 0 bridgehead atoms. The first-order valence-corrected chi connectivity index (χ1v) is 8.65. The first-order chi connectivity index (χ1) is 11.2. The van der Waals surface area contributed by atoms with Crippen LogP contribution in [0.3, 0.4) is 0 Å². The number of hydrogen-bond donors (Lipinski definition) is 2. The minimum atomic E-state index is 0.351. The number of phenolic OH excluding ortho intramolecular Hbond substituents is 1. The number of hydrogen-bond acceptors (Lipinski definition) is 2. The molecule has 0 aliphatic carbocycles. The van der Waals surface area contributed by atoms with E-state index in [1.54, 1.807) is 17.0 Å². The van der Waals surface area contributed by atoms with E-state index in [0.717, 1.165) is 19.5 Å². The van der Waals surface area contributed by atoms with Crippen molar-refractivity contribution >= 4 is 5.69 Å². The number of benzene rings is 2. The number of aryl methyl sites for hydroxylation is 1. The van der Waals surface area contributed by atoms with Crippen LogP contribution in [0.25, 0.3) is 0 Å². The lowest BCUT2D eigenvalue weighted by molar-refractivity contribution is -0.924. The van der Waals surface area contributed by atoms with E-state index in [1.807, 2.05) is 12.1 Å². The van der Waals surface area contributed by atoms with Crippen molar-refractivity contribution in [3.8, 4) is 5.75 Å². The molecule has 0 saturated carbocycles. The van der Waals surface area contributed by atoms with Gasteiger partial charge in [-0.1, -0.05) is 30.3 Å². The van der Waals surface area contributed by atoms with E-state index in [1.165, 1.54) is 30.8 Å². The molecule has 2 aromatic rings. The van der Waals surface area contributed by atoms with Gasteiger partial charge in [0, 0.05) is 12.1 Å². The van der Waals surface area contributed by atoms with Crippen LogP contribution in [0, 0.1) is 0 Å². The van der Waals surface area contributed by atoms with Gasteiger partial charge in [-0.25, -0.2) is 0 Å². The van der Waals surface area contributed by atoms with Gasteiger partial charge in [-0.2, -0.15) is 0 Å². The number of nitrogens with one attached hydrogen (secondary N) is 1. The largest absolute Gasteiger partial charge is 0.508 e. The van der Waals surface area contributed by atoms with Gasteiger partial charge in [-0.15, -0.1) is 0 Å². The highest BCUT2D eigenvalue weighted by atomic mass is 16.3. The Morgan fingerprint density at radius 3 is 2.30 bits per heavy atom. The number of anilines is 1. The van der Waals surface area contributed by atoms with Gasteiger partial charge >= 0.3 is 0 Å². The van der Waals surface area contributed by atoms with Crippen molar-refractivity contribution in [2.45, 2.75) is 25.8 Å². The van der Waals surface area contributed by atoms with E-state index in [9.17, 15) is 5.11 Å². The molecular weight excluding hydrogens is 284 g/mol. The van der Waals surface area contributed by atoms with Gasteiger partial charge in [0.05, 0.1) is 32.2 Å². The summed E-state index contributed by atoms with van der Waals surface area (Å²) in [6.45, 7) is 7.08. The van der Waals surface area contributed by atoms with Crippen LogP contribution in [0.2, 0.25) is 0 Å². The fourth-order valence-electron chi connectivity index (χ4n) is 3.43. The molecule has 0 aromatic heterocycles. The van der Waals surface area contributed by atoms with Crippen molar-refractivity contribution in [2.24, 2.45) is 0 Å². The lowest BCUT2D eigenvalue weighted by Crippen LogP contribution is -3.18. The Morgan fingerprint density at radius 1 is 1.00 bits per heavy atom. The maximum Gasteiger partial charge on any atom is 0.115 e. The highest BCUT2D eigenvalue weighted by Crippen LogP contribution is 2.13. The molecule has 3 heteroatoms. The molecule has 1 heterocycles. The highest BCUT2D eigenvalue weighted by molar-refractivity contribution is 5.46. The summed E-state index contributed by atoms with van der Waals surface area (Å²) < 4.78 is 0. The standard InChI is InChI=1S/C20H26N2O/c1-17(7-8-18-9-11-20(23)12-10-18)21-13-15-22(16-14-21)19-5-3-2-4-6-19/h2-6,9-12,17,23H,7-8,13-16H2,1H3/p+1/t17-/m1/s1. The Hall–Kier alpha value is -2.00. The monoisotopic (exact) mass is 311 g/mol.